The summed E-state index contributed by atoms with van der Waals surface area (Å²) in [7, 11) is -3.78. The Labute approximate surface area is 192 Å². The van der Waals surface area contributed by atoms with Crippen LogP contribution in [-0.4, -0.2) is 48.9 Å². The van der Waals surface area contributed by atoms with Crippen molar-refractivity contribution in [2.45, 2.75) is 57.7 Å². The molecule has 2 heterocycles. The highest BCUT2D eigenvalue weighted by Crippen LogP contribution is 2.36. The van der Waals surface area contributed by atoms with E-state index in [1.807, 2.05) is 0 Å². The number of benzene rings is 1. The van der Waals surface area contributed by atoms with Gasteiger partial charge in [-0.1, -0.05) is 18.9 Å². The monoisotopic (exact) mass is 485 g/mol. The third-order valence-electron chi connectivity index (χ3n) is 5.92. The van der Waals surface area contributed by atoms with Crippen LogP contribution < -0.4 is 10.5 Å². The molecule has 1 aliphatic carbocycles. The molecular weight excluding hydrogens is 455 g/mol. The minimum absolute atomic E-state index is 0.166. The number of sulfonamides is 1. The molecule has 1 saturated carbocycles. The summed E-state index contributed by atoms with van der Waals surface area (Å²) in [6.45, 7) is 4.44. The minimum Gasteiger partial charge on any atom is -0.382 e. The van der Waals surface area contributed by atoms with Gasteiger partial charge in [0, 0.05) is 11.6 Å². The third kappa shape index (κ3) is 7.04. The third-order valence-corrected chi connectivity index (χ3v) is 6.51. The molecule has 0 radical (unpaired) electrons. The van der Waals surface area contributed by atoms with E-state index in [-0.39, 0.29) is 22.8 Å². The van der Waals surface area contributed by atoms with E-state index < -0.39 is 21.8 Å². The van der Waals surface area contributed by atoms with Crippen molar-refractivity contribution < 1.29 is 21.6 Å². The number of nitrogens with two attached hydrogens (primary N) is 1. The molecule has 3 N–H and O–H groups in total. The number of halogens is 3. The Bertz CT molecular complexity index is 1070. The second kappa shape index (κ2) is 10.3. The maximum atomic E-state index is 12.8. The van der Waals surface area contributed by atoms with Gasteiger partial charge in [0.1, 0.15) is 5.82 Å². The van der Waals surface area contributed by atoms with Crippen molar-refractivity contribution in [2.24, 2.45) is 0 Å². The van der Waals surface area contributed by atoms with E-state index in [1.165, 1.54) is 57.7 Å². The lowest BCUT2D eigenvalue weighted by Gasteiger charge is -2.39. The zero-order valence-corrected chi connectivity index (χ0v) is 19.6. The van der Waals surface area contributed by atoms with Crippen LogP contribution in [0.3, 0.4) is 0 Å². The van der Waals surface area contributed by atoms with Gasteiger partial charge in [-0.15, -0.1) is 10.2 Å². The van der Waals surface area contributed by atoms with Gasteiger partial charge in [-0.05, 0) is 69.5 Å². The summed E-state index contributed by atoms with van der Waals surface area (Å²) < 4.78 is 63.4. The van der Waals surface area contributed by atoms with Gasteiger partial charge >= 0.3 is 6.18 Å². The SMILES string of the molecule is C1CCN(C2CCC2)CC1.Cc1cc(-c2ccc(C(F)(F)F)cc2NS(C)(=O)=O)nnc1N. The van der Waals surface area contributed by atoms with Crippen LogP contribution in [0.4, 0.5) is 24.7 Å². The van der Waals surface area contributed by atoms with E-state index in [2.05, 4.69) is 19.8 Å². The number of likely N-dealkylation sites (tertiary alicyclic amines) is 1. The fraction of sp³-hybridized carbons (Fsp3) is 0.545. The van der Waals surface area contributed by atoms with Gasteiger partial charge in [0.15, 0.2) is 0 Å². The predicted octanol–water partition coefficient (Wildman–Crippen LogP) is 4.45. The molecule has 2 fully saturated rings. The number of nitrogens with one attached hydrogen (secondary N) is 1. The summed E-state index contributed by atoms with van der Waals surface area (Å²) in [5.74, 6) is 0.179. The highest BCUT2D eigenvalue weighted by Gasteiger charge is 2.31. The second-order valence-corrected chi connectivity index (χ2v) is 10.4. The van der Waals surface area contributed by atoms with Crippen molar-refractivity contribution in [3.05, 3.63) is 35.4 Å². The summed E-state index contributed by atoms with van der Waals surface area (Å²) in [4.78, 5) is 2.70. The topological polar surface area (TPSA) is 101 Å². The van der Waals surface area contributed by atoms with Crippen molar-refractivity contribution in [1.29, 1.82) is 0 Å². The fourth-order valence-corrected chi connectivity index (χ4v) is 4.46. The maximum absolute atomic E-state index is 12.8. The minimum atomic E-state index is -4.60. The Balaban J connectivity index is 0.000000252. The number of piperidine rings is 1. The van der Waals surface area contributed by atoms with Crippen LogP contribution in [0.2, 0.25) is 0 Å². The molecule has 33 heavy (non-hydrogen) atoms. The Morgan fingerprint density at radius 3 is 2.24 bits per heavy atom. The van der Waals surface area contributed by atoms with E-state index in [9.17, 15) is 21.6 Å². The molecule has 0 atom stereocenters. The molecule has 0 unspecified atom stereocenters. The van der Waals surface area contributed by atoms with Crippen LogP contribution in [0.5, 0.6) is 0 Å². The standard InChI is InChI=1S/C13H13F3N4O2S.C9H17N/c1-7-5-10(18-19-12(7)17)9-4-3-8(13(14,15)16)6-11(9)20-23(2,21)22;1-2-7-10(8-3-1)9-5-4-6-9/h3-6,20H,1-2H3,(H2,17,19);9H,1-8H2. The maximum Gasteiger partial charge on any atom is 0.416 e. The van der Waals surface area contributed by atoms with Crippen LogP contribution in [-0.2, 0) is 16.2 Å². The van der Waals surface area contributed by atoms with E-state index in [0.29, 0.717) is 11.6 Å². The van der Waals surface area contributed by atoms with E-state index in [0.717, 1.165) is 24.4 Å². The molecule has 0 bridgehead atoms. The molecule has 11 heteroatoms. The lowest BCUT2D eigenvalue weighted by atomic mass is 9.90. The lowest BCUT2D eigenvalue weighted by Crippen LogP contribution is -2.42. The summed E-state index contributed by atoms with van der Waals surface area (Å²) in [6, 6.07) is 5.20. The first-order valence-corrected chi connectivity index (χ1v) is 12.9. The van der Waals surface area contributed by atoms with Gasteiger partial charge in [0.05, 0.1) is 23.2 Å². The van der Waals surface area contributed by atoms with Crippen LogP contribution in [0.1, 0.15) is 49.7 Å². The van der Waals surface area contributed by atoms with Gasteiger partial charge in [0.25, 0.3) is 0 Å². The number of aryl methyl sites for hydroxylation is 1. The Morgan fingerprint density at radius 1 is 1.06 bits per heavy atom. The van der Waals surface area contributed by atoms with Gasteiger partial charge < -0.3 is 10.6 Å². The number of rotatable bonds is 4. The van der Waals surface area contributed by atoms with Crippen molar-refractivity contribution in [2.75, 3.05) is 29.8 Å². The van der Waals surface area contributed by atoms with E-state index in [4.69, 9.17) is 5.73 Å². The molecule has 0 spiro atoms. The van der Waals surface area contributed by atoms with Gasteiger partial charge in [-0.2, -0.15) is 13.2 Å². The zero-order chi connectivity index (χ0) is 24.2. The number of hydrogen-bond acceptors (Lipinski definition) is 6. The molecule has 1 saturated heterocycles. The first kappa shape index (κ1) is 25.2. The summed E-state index contributed by atoms with van der Waals surface area (Å²) in [5, 5.41) is 7.49. The van der Waals surface area contributed by atoms with Crippen LogP contribution in [0, 0.1) is 6.92 Å². The molecule has 182 valence electrons. The molecule has 0 amide bonds. The zero-order valence-electron chi connectivity index (χ0n) is 18.8. The molecular formula is C22H30F3N5O2S. The Morgan fingerprint density at radius 2 is 1.73 bits per heavy atom. The summed E-state index contributed by atoms with van der Waals surface area (Å²) in [5.41, 5.74) is 5.28. The largest absolute Gasteiger partial charge is 0.416 e. The quantitative estimate of drug-likeness (QED) is 0.664. The first-order valence-electron chi connectivity index (χ1n) is 11.0. The fourth-order valence-electron chi connectivity index (χ4n) is 3.89. The Kier molecular flexibility index (Phi) is 7.84. The lowest BCUT2D eigenvalue weighted by molar-refractivity contribution is -0.137. The smallest absolute Gasteiger partial charge is 0.382 e. The average Bonchev–Trinajstić information content (AvgIpc) is 2.68. The van der Waals surface area contributed by atoms with Crippen molar-refractivity contribution in [1.82, 2.24) is 15.1 Å². The number of alkyl halides is 3. The molecule has 7 nitrogen and oxygen atoms in total. The summed E-state index contributed by atoms with van der Waals surface area (Å²) >= 11 is 0. The van der Waals surface area contributed by atoms with Crippen LogP contribution in [0.25, 0.3) is 11.3 Å². The molecule has 1 aliphatic heterocycles. The number of hydrogen-bond donors (Lipinski definition) is 2. The molecule has 2 aliphatic rings. The molecule has 2 aromatic rings. The summed E-state index contributed by atoms with van der Waals surface area (Å²) in [6.07, 6.45) is 5.09. The van der Waals surface area contributed by atoms with Crippen molar-refractivity contribution in [3.63, 3.8) is 0 Å². The van der Waals surface area contributed by atoms with E-state index in [1.54, 1.807) is 6.92 Å². The van der Waals surface area contributed by atoms with Crippen molar-refractivity contribution in [3.8, 4) is 11.3 Å². The molecule has 1 aromatic heterocycles. The van der Waals surface area contributed by atoms with Crippen LogP contribution >= 0.6 is 0 Å². The van der Waals surface area contributed by atoms with Gasteiger partial charge in [-0.25, -0.2) is 8.42 Å². The Hall–Kier alpha value is -2.40. The van der Waals surface area contributed by atoms with Gasteiger partial charge in [0.2, 0.25) is 10.0 Å². The second-order valence-electron chi connectivity index (χ2n) is 8.61. The number of nitrogen functional groups attached to an aromatic ring is 1. The number of aromatic nitrogens is 2. The van der Waals surface area contributed by atoms with E-state index >= 15 is 0 Å². The number of nitrogens with zero attached hydrogens (tertiary/aromatic N) is 3. The molecule has 4 rings (SSSR count). The van der Waals surface area contributed by atoms with Crippen LogP contribution in [0.15, 0.2) is 24.3 Å². The molecule has 1 aromatic carbocycles. The van der Waals surface area contributed by atoms with Gasteiger partial charge in [-0.3, -0.25) is 4.72 Å². The highest BCUT2D eigenvalue weighted by molar-refractivity contribution is 7.92. The highest BCUT2D eigenvalue weighted by atomic mass is 32.2. The average molecular weight is 486 g/mol. The number of anilines is 2. The normalized spacial score (nSPS) is 17.6. The predicted molar refractivity (Wildman–Crippen MR) is 123 cm³/mol. The first-order chi connectivity index (χ1) is 15.4. The van der Waals surface area contributed by atoms with Crippen molar-refractivity contribution >= 4 is 21.5 Å².